The fraction of sp³-hybridized carbons (Fsp3) is 0.649. The van der Waals surface area contributed by atoms with Crippen LogP contribution in [0.2, 0.25) is 0 Å². The standard InChI is InChI=1S/C37H56O5S/c1-14-25(22-36(9,10)41-23-37(11,12)39-13)31-29(17-18-40-34(3,4)5)32(31)27-16-15-26-20-28(43-30(26)21-27)19-24(2)33(38)42-35(6,7)8/h15-16,19-21,25,32H,14,17-18,22-23H2,1-13H3/b24-19+. The molecule has 0 spiro atoms. The van der Waals surface area contributed by atoms with Gasteiger partial charge in [-0.2, -0.15) is 0 Å². The van der Waals surface area contributed by atoms with Crippen molar-refractivity contribution in [3.8, 4) is 0 Å². The second-order valence-corrected chi connectivity index (χ2v) is 16.3. The Kier molecular flexibility index (Phi) is 11.2. The minimum Gasteiger partial charge on any atom is -0.457 e. The zero-order valence-corrected chi connectivity index (χ0v) is 29.8. The number of hydrogen-bond acceptors (Lipinski definition) is 6. The molecule has 0 N–H and O–H groups in total. The molecule has 240 valence electrons. The summed E-state index contributed by atoms with van der Waals surface area (Å²) >= 11 is 1.72. The zero-order valence-electron chi connectivity index (χ0n) is 29.0. The molecule has 6 heteroatoms. The van der Waals surface area contributed by atoms with Crippen molar-refractivity contribution < 1.29 is 23.7 Å². The van der Waals surface area contributed by atoms with Gasteiger partial charge in [-0.25, -0.2) is 4.79 Å². The molecule has 0 radical (unpaired) electrons. The van der Waals surface area contributed by atoms with Gasteiger partial charge in [0.25, 0.3) is 0 Å². The first-order valence-electron chi connectivity index (χ1n) is 15.8. The molecule has 1 aliphatic rings. The highest BCUT2D eigenvalue weighted by molar-refractivity contribution is 7.19. The number of benzene rings is 1. The molecule has 0 amide bonds. The Bertz CT molecular complexity index is 1330. The van der Waals surface area contributed by atoms with E-state index in [9.17, 15) is 4.79 Å². The van der Waals surface area contributed by atoms with E-state index in [1.165, 1.54) is 21.2 Å². The molecule has 1 aliphatic carbocycles. The van der Waals surface area contributed by atoms with E-state index in [1.807, 2.05) is 33.8 Å². The van der Waals surface area contributed by atoms with E-state index >= 15 is 0 Å². The zero-order chi connectivity index (χ0) is 32.4. The Morgan fingerprint density at radius 1 is 0.953 bits per heavy atom. The number of rotatable bonds is 14. The van der Waals surface area contributed by atoms with Crippen molar-refractivity contribution in [2.45, 2.75) is 131 Å². The summed E-state index contributed by atoms with van der Waals surface area (Å²) in [5.74, 6) is 0.501. The van der Waals surface area contributed by atoms with Crippen molar-refractivity contribution >= 4 is 33.5 Å². The minimum atomic E-state index is -0.510. The molecule has 2 aromatic rings. The van der Waals surface area contributed by atoms with Crippen LogP contribution in [0.5, 0.6) is 0 Å². The van der Waals surface area contributed by atoms with Gasteiger partial charge >= 0.3 is 5.97 Å². The van der Waals surface area contributed by atoms with E-state index in [0.717, 1.165) is 30.7 Å². The summed E-state index contributed by atoms with van der Waals surface area (Å²) in [5, 5.41) is 1.19. The number of methoxy groups -OCH3 is 1. The molecule has 0 saturated heterocycles. The Morgan fingerprint density at radius 2 is 1.63 bits per heavy atom. The molecule has 0 saturated carbocycles. The lowest BCUT2D eigenvalue weighted by molar-refractivity contribution is -0.149. The van der Waals surface area contributed by atoms with Gasteiger partial charge in [0, 0.05) is 28.2 Å². The summed E-state index contributed by atoms with van der Waals surface area (Å²) in [6.45, 7) is 25.9. The Balaban J connectivity index is 1.85. The third kappa shape index (κ3) is 10.6. The van der Waals surface area contributed by atoms with Crippen LogP contribution in [0.25, 0.3) is 16.2 Å². The van der Waals surface area contributed by atoms with Gasteiger partial charge in [-0.3, -0.25) is 0 Å². The van der Waals surface area contributed by atoms with Crippen molar-refractivity contribution in [1.82, 2.24) is 0 Å². The van der Waals surface area contributed by atoms with Crippen LogP contribution < -0.4 is 0 Å². The molecule has 1 aromatic carbocycles. The number of allylic oxidation sites excluding steroid dienone is 1. The molecular formula is C37H56O5S. The molecule has 0 fully saturated rings. The van der Waals surface area contributed by atoms with Gasteiger partial charge < -0.3 is 18.9 Å². The van der Waals surface area contributed by atoms with E-state index in [4.69, 9.17) is 18.9 Å². The normalized spacial score (nSPS) is 17.5. The van der Waals surface area contributed by atoms with E-state index in [-0.39, 0.29) is 22.8 Å². The van der Waals surface area contributed by atoms with Crippen LogP contribution in [0.15, 0.2) is 41.0 Å². The predicted molar refractivity (Wildman–Crippen MR) is 181 cm³/mol. The molecule has 0 aliphatic heterocycles. The predicted octanol–water partition coefficient (Wildman–Crippen LogP) is 9.88. The first-order chi connectivity index (χ1) is 19.7. The third-order valence-electron chi connectivity index (χ3n) is 7.86. The highest BCUT2D eigenvalue weighted by Gasteiger charge is 2.43. The van der Waals surface area contributed by atoms with Crippen molar-refractivity contribution in [3.05, 3.63) is 51.4 Å². The monoisotopic (exact) mass is 612 g/mol. The SMILES string of the molecule is CCC(CC(C)(C)OCC(C)(C)OC)C1=C(CCOC(C)(C)C)C1c1ccc2cc(/C=C(\C)C(=O)OC(C)(C)C)sc2c1. The number of carbonyl (C=O) groups is 1. The number of carbonyl (C=O) groups excluding carboxylic acids is 1. The molecule has 2 atom stereocenters. The molecule has 1 aromatic heterocycles. The average Bonchev–Trinajstić information content (AvgIpc) is 3.44. The third-order valence-corrected chi connectivity index (χ3v) is 8.91. The van der Waals surface area contributed by atoms with Crippen molar-refractivity contribution in [2.75, 3.05) is 20.3 Å². The van der Waals surface area contributed by atoms with Gasteiger partial charge in [0.15, 0.2) is 0 Å². The lowest BCUT2D eigenvalue weighted by Gasteiger charge is -2.33. The summed E-state index contributed by atoms with van der Waals surface area (Å²) in [7, 11) is 1.74. The maximum absolute atomic E-state index is 12.5. The maximum Gasteiger partial charge on any atom is 0.334 e. The molecule has 2 unspecified atom stereocenters. The first kappa shape index (κ1) is 35.5. The van der Waals surface area contributed by atoms with Crippen molar-refractivity contribution in [3.63, 3.8) is 0 Å². The number of hydrogen-bond donors (Lipinski definition) is 0. The Hall–Kier alpha value is -1.99. The quantitative estimate of drug-likeness (QED) is 0.121. The van der Waals surface area contributed by atoms with Crippen LogP contribution in [0.1, 0.15) is 119 Å². The van der Waals surface area contributed by atoms with Crippen LogP contribution in [0, 0.1) is 5.92 Å². The van der Waals surface area contributed by atoms with Crippen LogP contribution in [0.3, 0.4) is 0 Å². The van der Waals surface area contributed by atoms with E-state index in [1.54, 1.807) is 24.0 Å². The lowest BCUT2D eigenvalue weighted by Crippen LogP contribution is -2.37. The average molecular weight is 613 g/mol. The number of ether oxygens (including phenoxy) is 4. The fourth-order valence-corrected chi connectivity index (χ4v) is 6.54. The number of esters is 1. The minimum absolute atomic E-state index is 0.156. The molecule has 43 heavy (non-hydrogen) atoms. The lowest BCUT2D eigenvalue weighted by atomic mass is 9.87. The van der Waals surface area contributed by atoms with Crippen molar-refractivity contribution in [1.29, 1.82) is 0 Å². The molecule has 5 nitrogen and oxygen atoms in total. The van der Waals surface area contributed by atoms with Gasteiger partial charge in [0.1, 0.15) is 5.60 Å². The van der Waals surface area contributed by atoms with Gasteiger partial charge in [0.2, 0.25) is 0 Å². The number of fused-ring (bicyclic) bond motifs is 1. The van der Waals surface area contributed by atoms with E-state index < -0.39 is 5.60 Å². The maximum atomic E-state index is 12.5. The molecule has 3 rings (SSSR count). The summed E-state index contributed by atoms with van der Waals surface area (Å²) in [6.07, 6.45) is 4.90. The first-order valence-corrected chi connectivity index (χ1v) is 16.6. The number of thiophene rings is 1. The van der Waals surface area contributed by atoms with Crippen LogP contribution in [-0.2, 0) is 23.7 Å². The second-order valence-electron chi connectivity index (χ2n) is 15.2. The second kappa shape index (κ2) is 13.6. The van der Waals surface area contributed by atoms with Gasteiger partial charge in [-0.15, -0.1) is 11.3 Å². The van der Waals surface area contributed by atoms with E-state index in [2.05, 4.69) is 79.7 Å². The summed E-state index contributed by atoms with van der Waals surface area (Å²) in [4.78, 5) is 13.6. The van der Waals surface area contributed by atoms with Crippen LogP contribution >= 0.6 is 11.3 Å². The van der Waals surface area contributed by atoms with Gasteiger partial charge in [-0.05, 0) is 130 Å². The Labute approximate surface area is 265 Å². The van der Waals surface area contributed by atoms with Gasteiger partial charge in [-0.1, -0.05) is 30.2 Å². The van der Waals surface area contributed by atoms with Crippen molar-refractivity contribution in [2.24, 2.45) is 5.92 Å². The smallest absolute Gasteiger partial charge is 0.334 e. The molecule has 0 bridgehead atoms. The fourth-order valence-electron chi connectivity index (χ4n) is 5.42. The van der Waals surface area contributed by atoms with Crippen LogP contribution in [-0.4, -0.2) is 48.7 Å². The van der Waals surface area contributed by atoms with Crippen LogP contribution in [0.4, 0.5) is 0 Å². The highest BCUT2D eigenvalue weighted by Crippen LogP contribution is 2.56. The topological polar surface area (TPSA) is 54.0 Å². The highest BCUT2D eigenvalue weighted by atomic mass is 32.1. The summed E-state index contributed by atoms with van der Waals surface area (Å²) < 4.78 is 25.0. The molecular weight excluding hydrogens is 556 g/mol. The van der Waals surface area contributed by atoms with Gasteiger partial charge in [0.05, 0.1) is 30.0 Å². The van der Waals surface area contributed by atoms with E-state index in [0.29, 0.717) is 24.0 Å². The summed E-state index contributed by atoms with van der Waals surface area (Å²) in [5.41, 5.74) is 3.77. The molecule has 1 heterocycles. The largest absolute Gasteiger partial charge is 0.457 e. The Morgan fingerprint density at radius 3 is 2.21 bits per heavy atom. The summed E-state index contributed by atoms with van der Waals surface area (Å²) in [6, 6.07) is 9.01.